The summed E-state index contributed by atoms with van der Waals surface area (Å²) in [6.45, 7) is 0.783. The number of benzene rings is 1. The summed E-state index contributed by atoms with van der Waals surface area (Å²) in [6, 6.07) is 4.18. The van der Waals surface area contributed by atoms with E-state index in [1.165, 1.54) is 41.8 Å². The van der Waals surface area contributed by atoms with Gasteiger partial charge in [0.2, 0.25) is 15.9 Å². The number of carbonyl (C=O) groups excluding carboxylic acids is 1. The molecule has 1 atom stereocenters. The lowest BCUT2D eigenvalue weighted by atomic mass is 9.90. The Morgan fingerprint density at radius 2 is 1.71 bits per heavy atom. The van der Waals surface area contributed by atoms with Gasteiger partial charge in [0.15, 0.2) is 0 Å². The summed E-state index contributed by atoms with van der Waals surface area (Å²) in [5.41, 5.74) is 0. The lowest BCUT2D eigenvalue weighted by molar-refractivity contribution is -0.125. The molecule has 156 valence electrons. The molecule has 1 aliphatic carbocycles. The molecular formula is C20H28Cl2N2O3S. The Morgan fingerprint density at radius 1 is 1.04 bits per heavy atom. The number of rotatable bonds is 5. The van der Waals surface area contributed by atoms with Crippen molar-refractivity contribution in [3.05, 3.63) is 28.2 Å². The van der Waals surface area contributed by atoms with Crippen LogP contribution >= 0.6 is 23.2 Å². The molecule has 0 aromatic heterocycles. The fourth-order valence-electron chi connectivity index (χ4n) is 4.22. The van der Waals surface area contributed by atoms with Crippen LogP contribution in [-0.2, 0) is 14.8 Å². The molecule has 2 fully saturated rings. The van der Waals surface area contributed by atoms with Crippen molar-refractivity contribution in [1.82, 2.24) is 9.62 Å². The van der Waals surface area contributed by atoms with Gasteiger partial charge in [0, 0.05) is 30.1 Å². The van der Waals surface area contributed by atoms with E-state index in [9.17, 15) is 13.2 Å². The van der Waals surface area contributed by atoms with Gasteiger partial charge in [0.25, 0.3) is 0 Å². The standard InChI is InChI=1S/C20H28Cl2N2O3S/c21-16-10-11-19(18(22)13-16)28(26,27)24-12-6-9-17(24)14-23-20(25)15-7-4-2-1-3-5-8-15/h10-11,13,15,17H,1-9,12,14H2,(H,23,25). The van der Waals surface area contributed by atoms with E-state index >= 15 is 0 Å². The first-order valence-corrected chi connectivity index (χ1v) is 12.3. The van der Waals surface area contributed by atoms with Gasteiger partial charge < -0.3 is 5.32 Å². The number of carbonyl (C=O) groups is 1. The summed E-state index contributed by atoms with van der Waals surface area (Å²) in [6.07, 6.45) is 9.20. The summed E-state index contributed by atoms with van der Waals surface area (Å²) in [4.78, 5) is 12.7. The van der Waals surface area contributed by atoms with Crippen molar-refractivity contribution >= 4 is 39.1 Å². The van der Waals surface area contributed by atoms with Crippen LogP contribution in [0.1, 0.15) is 57.8 Å². The molecule has 1 saturated heterocycles. The van der Waals surface area contributed by atoms with Crippen LogP contribution in [0.4, 0.5) is 0 Å². The van der Waals surface area contributed by atoms with Crippen molar-refractivity contribution in [3.8, 4) is 0 Å². The Kier molecular flexibility index (Phi) is 7.65. The summed E-state index contributed by atoms with van der Waals surface area (Å²) >= 11 is 12.0. The third-order valence-corrected chi connectivity index (χ3v) is 8.46. The van der Waals surface area contributed by atoms with Gasteiger partial charge in [-0.2, -0.15) is 4.31 Å². The maximum Gasteiger partial charge on any atom is 0.244 e. The predicted octanol–water partition coefficient (Wildman–Crippen LogP) is 4.62. The number of halogens is 2. The predicted molar refractivity (Wildman–Crippen MR) is 112 cm³/mol. The lowest BCUT2D eigenvalue weighted by Gasteiger charge is -2.26. The third-order valence-electron chi connectivity index (χ3n) is 5.79. The van der Waals surface area contributed by atoms with Crippen molar-refractivity contribution in [3.63, 3.8) is 0 Å². The highest BCUT2D eigenvalue weighted by molar-refractivity contribution is 7.89. The molecule has 3 rings (SSSR count). The molecule has 5 nitrogen and oxygen atoms in total. The Bertz CT molecular complexity index is 793. The second kappa shape index (κ2) is 9.79. The highest BCUT2D eigenvalue weighted by Crippen LogP contribution is 2.31. The van der Waals surface area contributed by atoms with Crippen LogP contribution in [-0.4, -0.2) is 37.8 Å². The van der Waals surface area contributed by atoms with E-state index in [-0.39, 0.29) is 27.8 Å². The zero-order valence-corrected chi connectivity index (χ0v) is 18.3. The molecule has 0 bridgehead atoms. The quantitative estimate of drug-likeness (QED) is 0.716. The molecule has 1 aliphatic heterocycles. The molecule has 1 N–H and O–H groups in total. The lowest BCUT2D eigenvalue weighted by Crippen LogP contribution is -2.44. The van der Waals surface area contributed by atoms with E-state index in [1.807, 2.05) is 0 Å². The number of nitrogens with zero attached hydrogens (tertiary/aromatic N) is 1. The first-order valence-electron chi connectivity index (χ1n) is 10.1. The summed E-state index contributed by atoms with van der Waals surface area (Å²) in [5.74, 6) is 0.119. The molecule has 1 aromatic rings. The van der Waals surface area contributed by atoms with E-state index in [1.54, 1.807) is 0 Å². The van der Waals surface area contributed by atoms with Gasteiger partial charge in [-0.1, -0.05) is 55.3 Å². The van der Waals surface area contributed by atoms with Crippen LogP contribution in [0, 0.1) is 5.92 Å². The second-order valence-corrected chi connectivity index (χ2v) is 10.5. The van der Waals surface area contributed by atoms with E-state index < -0.39 is 10.0 Å². The van der Waals surface area contributed by atoms with Crippen LogP contribution < -0.4 is 5.32 Å². The minimum atomic E-state index is -3.73. The summed E-state index contributed by atoms with van der Waals surface area (Å²) in [5, 5.41) is 3.54. The van der Waals surface area contributed by atoms with Gasteiger partial charge in [0.05, 0.1) is 5.02 Å². The highest BCUT2D eigenvalue weighted by Gasteiger charge is 2.36. The molecule has 1 amide bonds. The zero-order valence-electron chi connectivity index (χ0n) is 16.0. The highest BCUT2D eigenvalue weighted by atomic mass is 35.5. The first-order chi connectivity index (χ1) is 13.4. The number of sulfonamides is 1. The Hall–Kier alpha value is -0.820. The SMILES string of the molecule is O=C(NCC1CCCN1S(=O)(=O)c1ccc(Cl)cc1Cl)C1CCCCCCC1. The van der Waals surface area contributed by atoms with E-state index in [0.29, 0.717) is 18.1 Å². The van der Waals surface area contributed by atoms with Gasteiger partial charge in [0.1, 0.15) is 4.90 Å². The normalized spacial score (nSPS) is 22.6. The summed E-state index contributed by atoms with van der Waals surface area (Å²) < 4.78 is 27.7. The van der Waals surface area contributed by atoms with Gasteiger partial charge in [-0.25, -0.2) is 8.42 Å². The topological polar surface area (TPSA) is 66.5 Å². The van der Waals surface area contributed by atoms with Crippen molar-refractivity contribution in [2.75, 3.05) is 13.1 Å². The number of amides is 1. The van der Waals surface area contributed by atoms with Gasteiger partial charge >= 0.3 is 0 Å². The Morgan fingerprint density at radius 3 is 2.39 bits per heavy atom. The Balaban J connectivity index is 1.64. The van der Waals surface area contributed by atoms with Crippen LogP contribution in [0.25, 0.3) is 0 Å². The minimum absolute atomic E-state index is 0.0532. The molecule has 8 heteroatoms. The number of hydrogen-bond acceptors (Lipinski definition) is 3. The summed E-state index contributed by atoms with van der Waals surface area (Å²) in [7, 11) is -3.73. The molecule has 1 heterocycles. The largest absolute Gasteiger partial charge is 0.354 e. The van der Waals surface area contributed by atoms with E-state index in [4.69, 9.17) is 23.2 Å². The maximum atomic E-state index is 13.1. The van der Waals surface area contributed by atoms with E-state index in [0.717, 1.165) is 38.5 Å². The molecular weight excluding hydrogens is 419 g/mol. The number of hydrogen-bond donors (Lipinski definition) is 1. The van der Waals surface area contributed by atoms with Crippen LogP contribution in [0.5, 0.6) is 0 Å². The van der Waals surface area contributed by atoms with Crippen LogP contribution in [0.2, 0.25) is 10.0 Å². The van der Waals surface area contributed by atoms with Crippen molar-refractivity contribution in [2.24, 2.45) is 5.92 Å². The molecule has 0 spiro atoms. The van der Waals surface area contributed by atoms with Crippen molar-refractivity contribution in [2.45, 2.75) is 68.7 Å². The van der Waals surface area contributed by atoms with Crippen molar-refractivity contribution < 1.29 is 13.2 Å². The van der Waals surface area contributed by atoms with Gasteiger partial charge in [-0.3, -0.25) is 4.79 Å². The second-order valence-electron chi connectivity index (χ2n) is 7.77. The average molecular weight is 447 g/mol. The van der Waals surface area contributed by atoms with E-state index in [2.05, 4.69) is 5.32 Å². The maximum absolute atomic E-state index is 13.1. The third kappa shape index (κ3) is 5.21. The smallest absolute Gasteiger partial charge is 0.244 e. The van der Waals surface area contributed by atoms with Crippen LogP contribution in [0.15, 0.2) is 23.1 Å². The molecule has 28 heavy (non-hydrogen) atoms. The fourth-order valence-corrected chi connectivity index (χ4v) is 6.66. The van der Waals surface area contributed by atoms with Gasteiger partial charge in [-0.15, -0.1) is 0 Å². The molecule has 2 aliphatic rings. The van der Waals surface area contributed by atoms with Crippen LogP contribution in [0.3, 0.4) is 0 Å². The average Bonchev–Trinajstić information content (AvgIpc) is 3.08. The fraction of sp³-hybridized carbons (Fsp3) is 0.650. The van der Waals surface area contributed by atoms with Crippen molar-refractivity contribution in [1.29, 1.82) is 0 Å². The zero-order chi connectivity index (χ0) is 20.1. The number of nitrogens with one attached hydrogen (secondary N) is 1. The molecule has 0 radical (unpaired) electrons. The van der Waals surface area contributed by atoms with Gasteiger partial charge in [-0.05, 0) is 43.9 Å². The Labute approximate surface area is 177 Å². The minimum Gasteiger partial charge on any atom is -0.354 e. The first kappa shape index (κ1) is 21.9. The molecule has 1 aromatic carbocycles. The monoisotopic (exact) mass is 446 g/mol. The molecule has 1 saturated carbocycles. The molecule has 1 unspecified atom stereocenters.